The number of rotatable bonds is 4. The van der Waals surface area contributed by atoms with Crippen molar-refractivity contribution in [2.45, 2.75) is 39.3 Å². The van der Waals surface area contributed by atoms with Crippen LogP contribution in [0.15, 0.2) is 30.5 Å². The van der Waals surface area contributed by atoms with E-state index in [0.717, 1.165) is 38.4 Å². The van der Waals surface area contributed by atoms with Gasteiger partial charge in [0.15, 0.2) is 5.82 Å². The molecule has 1 aromatic carbocycles. The second-order valence-corrected chi connectivity index (χ2v) is 8.30. The number of fused-ring (bicyclic) bond motifs is 1. The summed E-state index contributed by atoms with van der Waals surface area (Å²) in [6.07, 6.45) is 1.83. The number of aryl methyl sites for hydroxylation is 2. The summed E-state index contributed by atoms with van der Waals surface area (Å²) >= 11 is 6.50. The summed E-state index contributed by atoms with van der Waals surface area (Å²) in [6.45, 7) is 8.96. The molecule has 6 nitrogen and oxygen atoms in total. The number of aromatic nitrogens is 3. The lowest BCUT2D eigenvalue weighted by Crippen LogP contribution is -2.60. The summed E-state index contributed by atoms with van der Waals surface area (Å²) in [7, 11) is 0. The first kappa shape index (κ1) is 18.9. The Morgan fingerprint density at radius 1 is 1.21 bits per heavy atom. The number of aliphatic hydroxyl groups is 1. The molecule has 0 amide bonds. The van der Waals surface area contributed by atoms with E-state index in [2.05, 4.69) is 32.3 Å². The third-order valence-electron chi connectivity index (χ3n) is 5.26. The number of halogens is 1. The highest BCUT2D eigenvalue weighted by Crippen LogP contribution is 2.33. The zero-order chi connectivity index (χ0) is 20.1. The molecule has 0 spiro atoms. The predicted octanol–water partition coefficient (Wildman–Crippen LogP) is 4.04. The quantitative estimate of drug-likeness (QED) is 0.692. The molecule has 2 aromatic heterocycles. The van der Waals surface area contributed by atoms with Gasteiger partial charge in [-0.25, -0.2) is 4.98 Å². The number of nitrogens with one attached hydrogen (secondary N) is 1. The van der Waals surface area contributed by atoms with Crippen LogP contribution in [0.1, 0.15) is 36.7 Å². The van der Waals surface area contributed by atoms with Gasteiger partial charge in [0.1, 0.15) is 5.82 Å². The zero-order valence-corrected chi connectivity index (χ0v) is 17.2. The summed E-state index contributed by atoms with van der Waals surface area (Å²) in [4.78, 5) is 6.61. The molecule has 4 rings (SSSR count). The topological polar surface area (TPSA) is 74.2 Å². The van der Waals surface area contributed by atoms with E-state index in [0.29, 0.717) is 18.9 Å². The minimum atomic E-state index is -0.652. The molecule has 146 valence electrons. The molecule has 0 radical (unpaired) electrons. The highest BCUT2D eigenvalue weighted by molar-refractivity contribution is 6.32. The van der Waals surface area contributed by atoms with Crippen LogP contribution in [0, 0.1) is 13.8 Å². The number of pyridine rings is 1. The zero-order valence-electron chi connectivity index (χ0n) is 16.5. The van der Waals surface area contributed by atoms with Crippen molar-refractivity contribution in [3.8, 4) is 0 Å². The molecule has 0 aliphatic carbocycles. The molecule has 3 aromatic rings. The van der Waals surface area contributed by atoms with E-state index >= 15 is 0 Å². The maximum Gasteiger partial charge on any atom is 0.157 e. The molecule has 1 saturated heterocycles. The molecule has 28 heavy (non-hydrogen) atoms. The maximum atomic E-state index is 10.0. The van der Waals surface area contributed by atoms with Crippen LogP contribution >= 0.6 is 11.6 Å². The second-order valence-electron chi connectivity index (χ2n) is 7.92. The molecule has 2 N–H and O–H groups in total. The average Bonchev–Trinajstić information content (AvgIpc) is 2.64. The smallest absolute Gasteiger partial charge is 0.157 e. The Bertz CT molecular complexity index is 1040. The molecular formula is C21H24ClN5O. The van der Waals surface area contributed by atoms with Crippen molar-refractivity contribution in [2.75, 3.05) is 23.3 Å². The van der Waals surface area contributed by atoms with Gasteiger partial charge in [-0.05, 0) is 44.9 Å². The van der Waals surface area contributed by atoms with Gasteiger partial charge in [-0.2, -0.15) is 5.10 Å². The minimum absolute atomic E-state index is 0.0334. The Morgan fingerprint density at radius 3 is 2.68 bits per heavy atom. The average molecular weight is 398 g/mol. The van der Waals surface area contributed by atoms with Crippen molar-refractivity contribution < 1.29 is 5.11 Å². The molecule has 1 fully saturated rings. The van der Waals surface area contributed by atoms with Crippen molar-refractivity contribution >= 4 is 34.0 Å². The molecule has 0 bridgehead atoms. The Hall–Kier alpha value is -2.44. The van der Waals surface area contributed by atoms with Gasteiger partial charge in [0.2, 0.25) is 0 Å². The van der Waals surface area contributed by atoms with Gasteiger partial charge >= 0.3 is 0 Å². The van der Waals surface area contributed by atoms with E-state index in [1.165, 1.54) is 0 Å². The van der Waals surface area contributed by atoms with Crippen LogP contribution < -0.4 is 10.2 Å². The Kier molecular flexibility index (Phi) is 4.63. The van der Waals surface area contributed by atoms with Crippen molar-refractivity contribution in [2.24, 2.45) is 0 Å². The Labute approximate surface area is 169 Å². The molecule has 0 saturated carbocycles. The minimum Gasteiger partial charge on any atom is -0.386 e. The number of hydrogen-bond donors (Lipinski definition) is 2. The van der Waals surface area contributed by atoms with Gasteiger partial charge in [0.05, 0.1) is 17.3 Å². The number of benzene rings is 1. The van der Waals surface area contributed by atoms with Gasteiger partial charge < -0.3 is 15.3 Å². The van der Waals surface area contributed by atoms with Crippen LogP contribution in [-0.2, 0) is 0 Å². The van der Waals surface area contributed by atoms with Crippen molar-refractivity contribution in [3.05, 3.63) is 52.3 Å². The highest BCUT2D eigenvalue weighted by atomic mass is 35.5. The highest BCUT2D eigenvalue weighted by Gasteiger charge is 2.37. The van der Waals surface area contributed by atoms with E-state index in [1.54, 1.807) is 0 Å². The largest absolute Gasteiger partial charge is 0.386 e. The lowest BCUT2D eigenvalue weighted by molar-refractivity contribution is 0.0305. The predicted molar refractivity (Wildman–Crippen MR) is 113 cm³/mol. The van der Waals surface area contributed by atoms with Crippen LogP contribution in [0.25, 0.3) is 10.8 Å². The molecular weight excluding hydrogens is 374 g/mol. The third-order valence-corrected chi connectivity index (χ3v) is 5.78. The number of β-amino-alcohol motifs (C(OH)–C–C–N with tert-alkyl or cyclic N) is 1. The van der Waals surface area contributed by atoms with E-state index < -0.39 is 5.60 Å². The SMILES string of the molecule is Cc1cccc([C@@H](C)Nc2nnc(C)c3cnc(N4CC(C)(O)C4)cc23)c1Cl. The maximum absolute atomic E-state index is 10.0. The third kappa shape index (κ3) is 3.38. The summed E-state index contributed by atoms with van der Waals surface area (Å²) < 4.78 is 0. The Morgan fingerprint density at radius 2 is 1.96 bits per heavy atom. The van der Waals surface area contributed by atoms with E-state index in [9.17, 15) is 5.11 Å². The van der Waals surface area contributed by atoms with Crippen molar-refractivity contribution in [1.82, 2.24) is 15.2 Å². The summed E-state index contributed by atoms with van der Waals surface area (Å²) in [5.41, 5.74) is 2.24. The van der Waals surface area contributed by atoms with Crippen molar-refractivity contribution in [1.29, 1.82) is 0 Å². The standard InChI is InChI=1S/C21H24ClN5O/c1-12-6-5-7-15(19(12)22)13(2)24-20-16-8-18(27-10-21(4,28)11-27)23-9-17(16)14(3)25-26-20/h5-9,13,28H,10-11H2,1-4H3,(H,24,26)/t13-/m1/s1. The van der Waals surface area contributed by atoms with Gasteiger partial charge in [-0.15, -0.1) is 5.10 Å². The van der Waals surface area contributed by atoms with E-state index in [4.69, 9.17) is 11.6 Å². The number of anilines is 2. The van der Waals surface area contributed by atoms with Crippen LogP contribution in [0.5, 0.6) is 0 Å². The summed E-state index contributed by atoms with van der Waals surface area (Å²) in [5.74, 6) is 1.53. The molecule has 1 aliphatic rings. The molecule has 7 heteroatoms. The number of hydrogen-bond acceptors (Lipinski definition) is 6. The fourth-order valence-electron chi connectivity index (χ4n) is 3.67. The fourth-order valence-corrected chi connectivity index (χ4v) is 3.96. The number of nitrogens with zero attached hydrogens (tertiary/aromatic N) is 4. The second kappa shape index (κ2) is 6.87. The van der Waals surface area contributed by atoms with Gasteiger partial charge in [0.25, 0.3) is 0 Å². The van der Waals surface area contributed by atoms with Crippen LogP contribution in [0.2, 0.25) is 5.02 Å². The van der Waals surface area contributed by atoms with E-state index in [1.807, 2.05) is 51.2 Å². The lowest BCUT2D eigenvalue weighted by atomic mass is 9.97. The summed E-state index contributed by atoms with van der Waals surface area (Å²) in [6, 6.07) is 8.00. The van der Waals surface area contributed by atoms with Crippen molar-refractivity contribution in [3.63, 3.8) is 0 Å². The first-order valence-corrected chi connectivity index (χ1v) is 9.75. The van der Waals surface area contributed by atoms with Crippen LogP contribution in [0.4, 0.5) is 11.6 Å². The lowest BCUT2D eigenvalue weighted by Gasteiger charge is -2.45. The first-order valence-electron chi connectivity index (χ1n) is 9.37. The van der Waals surface area contributed by atoms with E-state index in [-0.39, 0.29) is 6.04 Å². The van der Waals surface area contributed by atoms with Crippen LogP contribution in [-0.4, -0.2) is 39.0 Å². The monoisotopic (exact) mass is 397 g/mol. The normalized spacial score (nSPS) is 16.7. The van der Waals surface area contributed by atoms with Crippen LogP contribution in [0.3, 0.4) is 0 Å². The molecule has 1 aliphatic heterocycles. The molecule has 0 unspecified atom stereocenters. The Balaban J connectivity index is 1.70. The molecule has 3 heterocycles. The van der Waals surface area contributed by atoms with Gasteiger partial charge in [-0.1, -0.05) is 29.8 Å². The fraction of sp³-hybridized carbons (Fsp3) is 0.381. The van der Waals surface area contributed by atoms with Gasteiger partial charge in [0, 0.05) is 35.1 Å². The van der Waals surface area contributed by atoms with Gasteiger partial charge in [-0.3, -0.25) is 0 Å². The molecule has 1 atom stereocenters. The summed E-state index contributed by atoms with van der Waals surface area (Å²) in [5, 5.41) is 24.9. The first-order chi connectivity index (χ1) is 13.2.